The van der Waals surface area contributed by atoms with Crippen LogP contribution in [0.3, 0.4) is 0 Å². The van der Waals surface area contributed by atoms with Crippen LogP contribution in [0, 0.1) is 0 Å². The summed E-state index contributed by atoms with van der Waals surface area (Å²) >= 11 is 1.17. The molecule has 2 rings (SSSR count). The molecule has 0 saturated carbocycles. The van der Waals surface area contributed by atoms with Crippen molar-refractivity contribution in [2.45, 2.75) is 11.1 Å². The summed E-state index contributed by atoms with van der Waals surface area (Å²) in [4.78, 5) is 23.2. The summed E-state index contributed by atoms with van der Waals surface area (Å²) in [6.45, 7) is 0. The molecule has 4 nitrogen and oxygen atoms in total. The first-order valence-corrected chi connectivity index (χ1v) is 7.46. The maximum Gasteiger partial charge on any atom is 0.336 e. The van der Waals surface area contributed by atoms with Crippen LogP contribution in [0.4, 0.5) is 0 Å². The zero-order valence-corrected chi connectivity index (χ0v) is 12.0. The van der Waals surface area contributed by atoms with Gasteiger partial charge in [0, 0.05) is 11.3 Å². The molecule has 2 N–H and O–H groups in total. The molecule has 2 aromatic carbocycles. The third-order valence-electron chi connectivity index (χ3n) is 2.78. The largest absolute Gasteiger partial charge is 0.479 e. The van der Waals surface area contributed by atoms with Gasteiger partial charge in [-0.25, -0.2) is 4.79 Å². The molecule has 5 heteroatoms. The van der Waals surface area contributed by atoms with Gasteiger partial charge in [-0.15, -0.1) is 11.8 Å². The molecule has 0 aliphatic carbocycles. The molecule has 2 aromatic rings. The molecule has 0 bridgehead atoms. The minimum atomic E-state index is -1.06. The number of nitrogens with one attached hydrogen (secondary N) is 1. The Morgan fingerprint density at radius 1 is 1.00 bits per heavy atom. The fourth-order valence-electron chi connectivity index (χ4n) is 1.72. The van der Waals surface area contributed by atoms with E-state index < -0.39 is 11.3 Å². The molecule has 1 atom stereocenters. The number of aliphatic carboxylic acids is 1. The van der Waals surface area contributed by atoms with Crippen LogP contribution in [0.15, 0.2) is 60.7 Å². The van der Waals surface area contributed by atoms with Crippen molar-refractivity contribution in [3.8, 4) is 0 Å². The number of amides is 1. The van der Waals surface area contributed by atoms with Crippen LogP contribution in [-0.2, 0) is 10.5 Å². The van der Waals surface area contributed by atoms with Crippen molar-refractivity contribution in [2.75, 3.05) is 0 Å². The van der Waals surface area contributed by atoms with Gasteiger partial charge in [-0.3, -0.25) is 4.79 Å². The summed E-state index contributed by atoms with van der Waals surface area (Å²) in [5.41, 5.74) is 1.46. The fraction of sp³-hybridized carbons (Fsp3) is 0.125. The van der Waals surface area contributed by atoms with E-state index >= 15 is 0 Å². The van der Waals surface area contributed by atoms with Gasteiger partial charge in [0.1, 0.15) is 0 Å². The Hall–Kier alpha value is -2.27. The van der Waals surface area contributed by atoms with Crippen molar-refractivity contribution >= 4 is 23.6 Å². The molecule has 1 amide bonds. The van der Waals surface area contributed by atoms with Crippen molar-refractivity contribution in [1.29, 1.82) is 0 Å². The first-order chi connectivity index (χ1) is 10.2. The normalized spacial score (nSPS) is 11.6. The van der Waals surface area contributed by atoms with Gasteiger partial charge in [-0.1, -0.05) is 48.5 Å². The van der Waals surface area contributed by atoms with Gasteiger partial charge < -0.3 is 10.4 Å². The highest BCUT2D eigenvalue weighted by molar-refractivity contribution is 7.99. The highest BCUT2D eigenvalue weighted by atomic mass is 32.2. The Bertz CT molecular complexity index is 601. The van der Waals surface area contributed by atoms with Crippen molar-refractivity contribution in [3.63, 3.8) is 0 Å². The number of hydrogen-bond donors (Lipinski definition) is 2. The highest BCUT2D eigenvalue weighted by Gasteiger charge is 2.20. The lowest BCUT2D eigenvalue weighted by molar-refractivity contribution is -0.136. The number of carbonyl (C=O) groups excluding carboxylic acids is 1. The number of rotatable bonds is 6. The summed E-state index contributed by atoms with van der Waals surface area (Å²) in [6, 6.07) is 18.1. The lowest BCUT2D eigenvalue weighted by atomic mass is 10.2. The SMILES string of the molecule is O=C(NC(SCc1ccccc1)C(=O)O)c1ccccc1. The van der Waals surface area contributed by atoms with Gasteiger partial charge in [0.15, 0.2) is 5.37 Å². The first kappa shape index (κ1) is 15.1. The summed E-state index contributed by atoms with van der Waals surface area (Å²) in [6.07, 6.45) is 0. The third kappa shape index (κ3) is 4.65. The minimum absolute atomic E-state index is 0.386. The molecule has 0 radical (unpaired) electrons. The van der Waals surface area contributed by atoms with E-state index in [0.717, 1.165) is 5.56 Å². The Morgan fingerprint density at radius 2 is 1.57 bits per heavy atom. The maximum absolute atomic E-state index is 12.0. The predicted octanol–water partition coefficient (Wildman–Crippen LogP) is 2.76. The predicted molar refractivity (Wildman–Crippen MR) is 83.1 cm³/mol. The molecule has 0 spiro atoms. The monoisotopic (exact) mass is 301 g/mol. The summed E-state index contributed by atoms with van der Waals surface area (Å²) in [5, 5.41) is 10.8. The number of carboxylic acids is 1. The highest BCUT2D eigenvalue weighted by Crippen LogP contribution is 2.17. The minimum Gasteiger partial charge on any atom is -0.479 e. The van der Waals surface area contributed by atoms with Crippen LogP contribution >= 0.6 is 11.8 Å². The second kappa shape index (κ2) is 7.50. The molecule has 21 heavy (non-hydrogen) atoms. The van der Waals surface area contributed by atoms with Gasteiger partial charge in [-0.2, -0.15) is 0 Å². The average molecular weight is 301 g/mol. The van der Waals surface area contributed by atoms with E-state index in [1.165, 1.54) is 11.8 Å². The van der Waals surface area contributed by atoms with Crippen LogP contribution in [0.25, 0.3) is 0 Å². The Kier molecular flexibility index (Phi) is 5.40. The summed E-state index contributed by atoms with van der Waals surface area (Å²) < 4.78 is 0. The van der Waals surface area contributed by atoms with Crippen LogP contribution < -0.4 is 5.32 Å². The van der Waals surface area contributed by atoms with Crippen LogP contribution in [0.5, 0.6) is 0 Å². The topological polar surface area (TPSA) is 66.4 Å². The van der Waals surface area contributed by atoms with Crippen LogP contribution in [0.1, 0.15) is 15.9 Å². The van der Waals surface area contributed by atoms with Crippen molar-refractivity contribution in [1.82, 2.24) is 5.32 Å². The van der Waals surface area contributed by atoms with Crippen molar-refractivity contribution < 1.29 is 14.7 Å². The molecule has 108 valence electrons. The maximum atomic E-state index is 12.0. The van der Waals surface area contributed by atoms with Gasteiger partial charge in [-0.05, 0) is 17.7 Å². The fourth-order valence-corrected chi connectivity index (χ4v) is 2.60. The third-order valence-corrected chi connectivity index (χ3v) is 3.93. The lowest BCUT2D eigenvalue weighted by Gasteiger charge is -2.14. The molecule has 0 saturated heterocycles. The van der Waals surface area contributed by atoms with E-state index in [0.29, 0.717) is 11.3 Å². The zero-order chi connectivity index (χ0) is 15.1. The molecule has 0 aliphatic rings. The molecule has 0 aromatic heterocycles. The second-order valence-corrected chi connectivity index (χ2v) is 5.45. The zero-order valence-electron chi connectivity index (χ0n) is 11.2. The van der Waals surface area contributed by atoms with E-state index in [2.05, 4.69) is 5.32 Å². The van der Waals surface area contributed by atoms with E-state index in [9.17, 15) is 14.7 Å². The summed E-state index contributed by atoms with van der Waals surface area (Å²) in [7, 11) is 0. The van der Waals surface area contributed by atoms with Crippen molar-refractivity contribution in [2.24, 2.45) is 0 Å². The Balaban J connectivity index is 1.96. The lowest BCUT2D eigenvalue weighted by Crippen LogP contribution is -2.38. The van der Waals surface area contributed by atoms with Crippen LogP contribution in [0.2, 0.25) is 0 Å². The number of thioether (sulfide) groups is 1. The Morgan fingerprint density at radius 3 is 2.14 bits per heavy atom. The van der Waals surface area contributed by atoms with Gasteiger partial charge in [0.2, 0.25) is 0 Å². The quantitative estimate of drug-likeness (QED) is 0.805. The molecule has 0 fully saturated rings. The van der Waals surface area contributed by atoms with Gasteiger partial charge in [0.05, 0.1) is 0 Å². The smallest absolute Gasteiger partial charge is 0.336 e. The van der Waals surface area contributed by atoms with E-state index in [-0.39, 0.29) is 5.91 Å². The van der Waals surface area contributed by atoms with E-state index in [1.807, 2.05) is 30.3 Å². The van der Waals surface area contributed by atoms with Gasteiger partial charge in [0.25, 0.3) is 5.91 Å². The first-order valence-electron chi connectivity index (χ1n) is 6.41. The van der Waals surface area contributed by atoms with E-state index in [4.69, 9.17) is 0 Å². The number of benzene rings is 2. The molecular weight excluding hydrogens is 286 g/mol. The second-order valence-electron chi connectivity index (χ2n) is 4.35. The van der Waals surface area contributed by atoms with Crippen molar-refractivity contribution in [3.05, 3.63) is 71.8 Å². The number of carboxylic acid groups (broad SMARTS) is 1. The van der Waals surface area contributed by atoms with E-state index in [1.54, 1.807) is 30.3 Å². The number of hydrogen-bond acceptors (Lipinski definition) is 3. The van der Waals surface area contributed by atoms with Crippen LogP contribution in [-0.4, -0.2) is 22.4 Å². The standard InChI is InChI=1S/C16H15NO3S/c18-14(13-9-5-2-6-10-13)17-15(16(19)20)21-11-12-7-3-1-4-8-12/h1-10,15H,11H2,(H,17,18)(H,19,20). The molecule has 1 unspecified atom stereocenters. The molecule has 0 aliphatic heterocycles. The van der Waals surface area contributed by atoms with Gasteiger partial charge >= 0.3 is 5.97 Å². The molecule has 0 heterocycles. The average Bonchev–Trinajstić information content (AvgIpc) is 2.52. The summed E-state index contributed by atoms with van der Waals surface area (Å²) in [5.74, 6) is -0.920. The molecular formula is C16H15NO3S. The Labute approximate surface area is 127 Å². The number of carbonyl (C=O) groups is 2.